The number of fused-ring (bicyclic) bond motifs is 1. The molecule has 0 radical (unpaired) electrons. The molecule has 6 heteroatoms. The van der Waals surface area contributed by atoms with Crippen molar-refractivity contribution in [2.24, 2.45) is 7.05 Å². The highest BCUT2D eigenvalue weighted by molar-refractivity contribution is 5.69. The van der Waals surface area contributed by atoms with Crippen molar-refractivity contribution in [2.45, 2.75) is 0 Å². The molecule has 0 saturated carbocycles. The van der Waals surface area contributed by atoms with Gasteiger partial charge in [-0.05, 0) is 12.1 Å². The number of nitrogens with one attached hydrogen (secondary N) is 1. The quantitative estimate of drug-likeness (QED) is 0.840. The number of aryl methyl sites for hydroxylation is 1. The van der Waals surface area contributed by atoms with Crippen LogP contribution in [0, 0.1) is 0 Å². The number of aromatic nitrogens is 2. The fourth-order valence-corrected chi connectivity index (χ4v) is 1.86. The Labute approximate surface area is 104 Å². The van der Waals surface area contributed by atoms with Gasteiger partial charge < -0.3 is 20.5 Å². The molecule has 0 amide bonds. The molecule has 1 aromatic heterocycles. The zero-order valence-corrected chi connectivity index (χ0v) is 10.0. The summed E-state index contributed by atoms with van der Waals surface area (Å²) >= 11 is 0. The molecule has 1 aromatic carbocycles. The molecule has 3 N–H and O–H groups in total. The highest BCUT2D eigenvalue weighted by Crippen LogP contribution is 2.33. The Kier molecular flexibility index (Phi) is 2.47. The lowest BCUT2D eigenvalue weighted by atomic mass is 10.2. The van der Waals surface area contributed by atoms with Crippen LogP contribution in [-0.4, -0.2) is 23.0 Å². The van der Waals surface area contributed by atoms with Gasteiger partial charge >= 0.3 is 0 Å². The molecule has 1 aliphatic heterocycles. The second-order valence-electron chi connectivity index (χ2n) is 4.09. The number of anilines is 3. The topological polar surface area (TPSA) is 74.3 Å². The fourth-order valence-electron chi connectivity index (χ4n) is 1.86. The van der Waals surface area contributed by atoms with Gasteiger partial charge in [0.25, 0.3) is 0 Å². The van der Waals surface area contributed by atoms with Crippen LogP contribution in [0.1, 0.15) is 0 Å². The summed E-state index contributed by atoms with van der Waals surface area (Å²) < 4.78 is 12.6. The molecule has 0 aliphatic carbocycles. The number of hydrogen-bond acceptors (Lipinski definition) is 5. The summed E-state index contributed by atoms with van der Waals surface area (Å²) in [5, 5.41) is 7.38. The molecule has 0 atom stereocenters. The van der Waals surface area contributed by atoms with E-state index in [0.29, 0.717) is 24.7 Å². The summed E-state index contributed by atoms with van der Waals surface area (Å²) in [6, 6.07) is 5.65. The van der Waals surface area contributed by atoms with Crippen LogP contribution in [-0.2, 0) is 7.05 Å². The minimum Gasteiger partial charge on any atom is -0.486 e. The Morgan fingerprint density at radius 3 is 2.78 bits per heavy atom. The summed E-state index contributed by atoms with van der Waals surface area (Å²) in [4.78, 5) is 0. The van der Waals surface area contributed by atoms with Crippen molar-refractivity contribution in [2.75, 3.05) is 24.3 Å². The molecule has 2 heterocycles. The smallest absolute Gasteiger partial charge is 0.175 e. The first-order chi connectivity index (χ1) is 8.72. The standard InChI is InChI=1S/C12H14N4O2/c1-16-7-9(13)12(15-16)14-8-2-3-10-11(6-8)18-5-4-17-10/h2-3,6-7H,4-5,13H2,1H3,(H,14,15). The maximum Gasteiger partial charge on any atom is 0.175 e. The van der Waals surface area contributed by atoms with Crippen molar-refractivity contribution >= 4 is 17.2 Å². The Hall–Kier alpha value is -2.37. The first-order valence-electron chi connectivity index (χ1n) is 5.68. The van der Waals surface area contributed by atoms with Gasteiger partial charge in [-0.25, -0.2) is 0 Å². The molecule has 18 heavy (non-hydrogen) atoms. The van der Waals surface area contributed by atoms with Crippen LogP contribution < -0.4 is 20.5 Å². The lowest BCUT2D eigenvalue weighted by molar-refractivity contribution is 0.171. The molecule has 94 valence electrons. The predicted molar refractivity (Wildman–Crippen MR) is 68.3 cm³/mol. The Morgan fingerprint density at radius 1 is 1.28 bits per heavy atom. The van der Waals surface area contributed by atoms with E-state index in [-0.39, 0.29) is 0 Å². The van der Waals surface area contributed by atoms with Crippen LogP contribution in [0.4, 0.5) is 17.2 Å². The van der Waals surface area contributed by atoms with E-state index in [1.807, 2.05) is 25.2 Å². The van der Waals surface area contributed by atoms with Crippen molar-refractivity contribution in [1.29, 1.82) is 0 Å². The lowest BCUT2D eigenvalue weighted by Gasteiger charge is -2.19. The van der Waals surface area contributed by atoms with E-state index in [1.54, 1.807) is 10.9 Å². The van der Waals surface area contributed by atoms with Crippen LogP contribution in [0.25, 0.3) is 0 Å². The van der Waals surface area contributed by atoms with Gasteiger partial charge in [0.15, 0.2) is 17.3 Å². The van der Waals surface area contributed by atoms with Crippen LogP contribution in [0.3, 0.4) is 0 Å². The molecule has 6 nitrogen and oxygen atoms in total. The third-order valence-electron chi connectivity index (χ3n) is 2.66. The van der Waals surface area contributed by atoms with Gasteiger partial charge in [0.05, 0.1) is 5.69 Å². The number of nitrogens with zero attached hydrogens (tertiary/aromatic N) is 2. The average Bonchev–Trinajstić information content (AvgIpc) is 2.68. The highest BCUT2D eigenvalue weighted by atomic mass is 16.6. The molecule has 0 spiro atoms. The lowest BCUT2D eigenvalue weighted by Crippen LogP contribution is -2.15. The van der Waals surface area contributed by atoms with Gasteiger partial charge in [-0.2, -0.15) is 5.10 Å². The summed E-state index contributed by atoms with van der Waals surface area (Å²) in [7, 11) is 1.82. The SMILES string of the molecule is Cn1cc(N)c(Nc2ccc3c(c2)OCCO3)n1. The monoisotopic (exact) mass is 246 g/mol. The Balaban J connectivity index is 1.87. The van der Waals surface area contributed by atoms with Gasteiger partial charge in [0.1, 0.15) is 13.2 Å². The number of ether oxygens (including phenoxy) is 2. The molecule has 1 aliphatic rings. The van der Waals surface area contributed by atoms with Crippen molar-refractivity contribution in [3.05, 3.63) is 24.4 Å². The van der Waals surface area contributed by atoms with Gasteiger partial charge in [-0.1, -0.05) is 0 Å². The fraction of sp³-hybridized carbons (Fsp3) is 0.250. The first-order valence-corrected chi connectivity index (χ1v) is 5.68. The number of hydrogen-bond donors (Lipinski definition) is 2. The van der Waals surface area contributed by atoms with E-state index in [0.717, 1.165) is 17.2 Å². The summed E-state index contributed by atoms with van der Waals surface area (Å²) in [6.07, 6.45) is 1.75. The van der Waals surface area contributed by atoms with E-state index in [4.69, 9.17) is 15.2 Å². The van der Waals surface area contributed by atoms with E-state index in [1.165, 1.54) is 0 Å². The highest BCUT2D eigenvalue weighted by Gasteiger charge is 2.12. The van der Waals surface area contributed by atoms with Gasteiger partial charge in [-0.15, -0.1) is 0 Å². The summed E-state index contributed by atoms with van der Waals surface area (Å²) in [5.74, 6) is 2.13. The van der Waals surface area contributed by atoms with Gasteiger partial charge in [0.2, 0.25) is 0 Å². The summed E-state index contributed by atoms with van der Waals surface area (Å²) in [6.45, 7) is 1.16. The van der Waals surface area contributed by atoms with Crippen molar-refractivity contribution in [3.63, 3.8) is 0 Å². The minimum atomic E-state index is 0.572. The van der Waals surface area contributed by atoms with E-state index >= 15 is 0 Å². The number of rotatable bonds is 2. The Bertz CT molecular complexity index is 579. The molecule has 0 fully saturated rings. The molecule has 0 saturated heterocycles. The molecular weight excluding hydrogens is 232 g/mol. The second kappa shape index (κ2) is 4.14. The van der Waals surface area contributed by atoms with Crippen LogP contribution >= 0.6 is 0 Å². The van der Waals surface area contributed by atoms with E-state index < -0.39 is 0 Å². The predicted octanol–water partition coefficient (Wildman–Crippen LogP) is 1.52. The largest absolute Gasteiger partial charge is 0.486 e. The first kappa shape index (κ1) is 10.8. The number of nitrogens with two attached hydrogens (primary N) is 1. The zero-order valence-electron chi connectivity index (χ0n) is 10.0. The molecule has 3 rings (SSSR count). The molecular formula is C12H14N4O2. The third kappa shape index (κ3) is 1.92. The van der Waals surface area contributed by atoms with Crippen LogP contribution in [0.5, 0.6) is 11.5 Å². The normalized spacial score (nSPS) is 13.4. The third-order valence-corrected chi connectivity index (χ3v) is 2.66. The number of nitrogen functional groups attached to an aromatic ring is 1. The van der Waals surface area contributed by atoms with Crippen LogP contribution in [0.15, 0.2) is 24.4 Å². The van der Waals surface area contributed by atoms with Crippen molar-refractivity contribution < 1.29 is 9.47 Å². The van der Waals surface area contributed by atoms with E-state index in [2.05, 4.69) is 10.4 Å². The zero-order chi connectivity index (χ0) is 12.5. The van der Waals surface area contributed by atoms with Crippen molar-refractivity contribution in [1.82, 2.24) is 9.78 Å². The maximum absolute atomic E-state index is 5.83. The van der Waals surface area contributed by atoms with E-state index in [9.17, 15) is 0 Å². The Morgan fingerprint density at radius 2 is 2.06 bits per heavy atom. The van der Waals surface area contributed by atoms with Crippen LogP contribution in [0.2, 0.25) is 0 Å². The second-order valence-corrected chi connectivity index (χ2v) is 4.09. The molecule has 0 bridgehead atoms. The molecule has 0 unspecified atom stereocenters. The molecule has 2 aromatic rings. The van der Waals surface area contributed by atoms with Gasteiger partial charge in [0, 0.05) is 25.0 Å². The minimum absolute atomic E-state index is 0.572. The maximum atomic E-state index is 5.83. The van der Waals surface area contributed by atoms with Crippen molar-refractivity contribution in [3.8, 4) is 11.5 Å². The summed E-state index contributed by atoms with van der Waals surface area (Å²) in [5.41, 5.74) is 7.29. The van der Waals surface area contributed by atoms with Gasteiger partial charge in [-0.3, -0.25) is 4.68 Å². The average molecular weight is 246 g/mol. The number of benzene rings is 1.